The Kier molecular flexibility index (Phi) is 5.27. The topological polar surface area (TPSA) is 35.5 Å². The lowest BCUT2D eigenvalue weighted by molar-refractivity contribution is -0.291. The highest BCUT2D eigenvalue weighted by Gasteiger charge is 2.58. The van der Waals surface area contributed by atoms with E-state index in [1.54, 1.807) is 0 Å². The molecular formula is C13H13F5O3. The maximum absolute atomic E-state index is 13.1. The zero-order chi connectivity index (χ0) is 16.3. The molecule has 0 aliphatic carbocycles. The van der Waals surface area contributed by atoms with Gasteiger partial charge in [0, 0.05) is 19.6 Å². The summed E-state index contributed by atoms with van der Waals surface area (Å²) in [7, 11) is 1.00. The number of hydrogen-bond donors (Lipinski definition) is 0. The second kappa shape index (κ2) is 6.38. The fourth-order valence-electron chi connectivity index (χ4n) is 1.66. The fraction of sp³-hybridized carbons (Fsp3) is 0.462. The number of ether oxygens (including phenoxy) is 2. The Balaban J connectivity index is 3.09. The molecule has 0 aromatic heterocycles. The van der Waals surface area contributed by atoms with Gasteiger partial charge in [0.05, 0.1) is 12.5 Å². The van der Waals surface area contributed by atoms with Crippen molar-refractivity contribution >= 4 is 5.97 Å². The lowest BCUT2D eigenvalue weighted by Gasteiger charge is -2.25. The lowest BCUT2D eigenvalue weighted by Crippen LogP contribution is -2.38. The molecular weight excluding hydrogens is 299 g/mol. The van der Waals surface area contributed by atoms with Crippen LogP contribution >= 0.6 is 0 Å². The Morgan fingerprint density at radius 2 is 1.76 bits per heavy atom. The molecule has 1 unspecified atom stereocenters. The molecule has 1 aromatic rings. The minimum atomic E-state index is -5.68. The summed E-state index contributed by atoms with van der Waals surface area (Å²) in [6, 6.07) is 5.42. The first-order chi connectivity index (χ1) is 9.58. The van der Waals surface area contributed by atoms with Gasteiger partial charge >= 0.3 is 18.1 Å². The molecule has 1 rings (SSSR count). The van der Waals surface area contributed by atoms with Crippen molar-refractivity contribution in [3.05, 3.63) is 29.8 Å². The van der Waals surface area contributed by atoms with E-state index >= 15 is 0 Å². The monoisotopic (exact) mass is 312 g/mol. The van der Waals surface area contributed by atoms with E-state index in [0.29, 0.717) is 0 Å². The highest BCUT2D eigenvalue weighted by atomic mass is 19.4. The smallest absolute Gasteiger partial charge is 0.426 e. The van der Waals surface area contributed by atoms with E-state index < -0.39 is 30.6 Å². The van der Waals surface area contributed by atoms with Crippen LogP contribution in [0.4, 0.5) is 22.0 Å². The maximum Gasteiger partial charge on any atom is 0.453 e. The van der Waals surface area contributed by atoms with Gasteiger partial charge < -0.3 is 9.47 Å². The van der Waals surface area contributed by atoms with Gasteiger partial charge in [-0.25, -0.2) is 0 Å². The Morgan fingerprint density at radius 3 is 2.24 bits per heavy atom. The molecule has 0 amide bonds. The average molecular weight is 312 g/mol. The summed E-state index contributed by atoms with van der Waals surface area (Å²) in [5.74, 6) is -5.76. The lowest BCUT2D eigenvalue weighted by atomic mass is 10.0. The molecule has 1 aromatic carbocycles. The number of benzene rings is 1. The Labute approximate surface area is 117 Å². The Morgan fingerprint density at radius 1 is 1.19 bits per heavy atom. The van der Waals surface area contributed by atoms with Crippen LogP contribution in [0.5, 0.6) is 5.75 Å². The van der Waals surface area contributed by atoms with Crippen molar-refractivity contribution in [2.75, 3.05) is 7.11 Å². The van der Waals surface area contributed by atoms with Gasteiger partial charge in [0.2, 0.25) is 0 Å². The highest BCUT2D eigenvalue weighted by Crippen LogP contribution is 2.43. The average Bonchev–Trinajstić information content (AvgIpc) is 2.35. The Hall–Kier alpha value is -1.70. The van der Waals surface area contributed by atoms with Crippen LogP contribution in [0.3, 0.4) is 0 Å². The van der Waals surface area contributed by atoms with Crippen molar-refractivity contribution in [3.63, 3.8) is 0 Å². The number of hydrogen-bond acceptors (Lipinski definition) is 3. The van der Waals surface area contributed by atoms with Gasteiger partial charge in [-0.15, -0.1) is 0 Å². The van der Waals surface area contributed by atoms with E-state index in [4.69, 9.17) is 9.47 Å². The minimum Gasteiger partial charge on any atom is -0.426 e. The number of para-hydroxylation sites is 1. The summed E-state index contributed by atoms with van der Waals surface area (Å²) < 4.78 is 72.6. The van der Waals surface area contributed by atoms with Gasteiger partial charge in [-0.3, -0.25) is 4.79 Å². The van der Waals surface area contributed by atoms with Crippen LogP contribution in [0.25, 0.3) is 0 Å². The third-order valence-corrected chi connectivity index (χ3v) is 2.66. The molecule has 0 saturated carbocycles. The van der Waals surface area contributed by atoms with Crippen molar-refractivity contribution in [1.82, 2.24) is 0 Å². The predicted molar refractivity (Wildman–Crippen MR) is 63.1 cm³/mol. The number of alkyl halides is 5. The van der Waals surface area contributed by atoms with Crippen molar-refractivity contribution in [3.8, 4) is 5.75 Å². The Bertz CT molecular complexity index is 499. The molecule has 0 radical (unpaired) electrons. The van der Waals surface area contributed by atoms with Crippen LogP contribution in [-0.4, -0.2) is 25.2 Å². The van der Waals surface area contributed by atoms with Crippen LogP contribution in [0.15, 0.2) is 24.3 Å². The van der Waals surface area contributed by atoms with Crippen molar-refractivity contribution < 1.29 is 36.2 Å². The number of methoxy groups -OCH3 is 1. The molecule has 118 valence electrons. The molecule has 21 heavy (non-hydrogen) atoms. The third-order valence-electron chi connectivity index (χ3n) is 2.66. The predicted octanol–water partition coefficient (Wildman–Crippen LogP) is 3.89. The van der Waals surface area contributed by atoms with Gasteiger partial charge in [0.25, 0.3) is 0 Å². The van der Waals surface area contributed by atoms with Gasteiger partial charge in [-0.1, -0.05) is 18.2 Å². The first-order valence-electron chi connectivity index (χ1n) is 5.83. The van der Waals surface area contributed by atoms with Crippen LogP contribution < -0.4 is 4.74 Å². The van der Waals surface area contributed by atoms with Crippen LogP contribution in [0, 0.1) is 0 Å². The van der Waals surface area contributed by atoms with Crippen LogP contribution in [-0.2, 0) is 9.53 Å². The van der Waals surface area contributed by atoms with Crippen molar-refractivity contribution in [2.45, 2.75) is 31.5 Å². The van der Waals surface area contributed by atoms with Crippen molar-refractivity contribution in [1.29, 1.82) is 0 Å². The van der Waals surface area contributed by atoms with Crippen LogP contribution in [0.1, 0.15) is 25.0 Å². The van der Waals surface area contributed by atoms with Gasteiger partial charge in [0.1, 0.15) is 5.75 Å². The summed E-state index contributed by atoms with van der Waals surface area (Å²) >= 11 is 0. The maximum atomic E-state index is 13.1. The molecule has 0 aliphatic heterocycles. The molecule has 0 saturated heterocycles. The van der Waals surface area contributed by atoms with E-state index in [1.807, 2.05) is 0 Å². The number of halogens is 5. The summed E-state index contributed by atoms with van der Waals surface area (Å²) in [6.07, 6.45) is -8.86. The van der Waals surface area contributed by atoms with Gasteiger partial charge in [0.15, 0.2) is 0 Å². The molecule has 1 atom stereocenters. The number of carbonyl (C=O) groups excluding carboxylic acids is 1. The fourth-order valence-corrected chi connectivity index (χ4v) is 1.66. The van der Waals surface area contributed by atoms with Crippen molar-refractivity contribution in [2.24, 2.45) is 0 Å². The molecule has 0 fully saturated rings. The second-order valence-corrected chi connectivity index (χ2v) is 4.26. The largest absolute Gasteiger partial charge is 0.453 e. The molecule has 0 spiro atoms. The summed E-state index contributed by atoms with van der Waals surface area (Å²) in [6.45, 7) is 1.09. The number of carbonyl (C=O) groups is 1. The highest BCUT2D eigenvalue weighted by molar-refractivity contribution is 5.69. The first-order valence-corrected chi connectivity index (χ1v) is 5.83. The normalized spacial score (nSPS) is 13.9. The molecule has 0 heterocycles. The van der Waals surface area contributed by atoms with Gasteiger partial charge in [-0.05, 0) is 6.07 Å². The van der Waals surface area contributed by atoms with E-state index in [0.717, 1.165) is 14.0 Å². The number of rotatable bonds is 5. The standard InChI is InChI=1S/C13H13F5O3/c1-8(19)21-10-6-4-3-5-9(10)11(20-2)7-12(14,15)13(16,17)18/h3-6,11H,7H2,1-2H3. The summed E-state index contributed by atoms with van der Waals surface area (Å²) in [4.78, 5) is 10.9. The molecule has 0 aliphatic rings. The molecule has 3 nitrogen and oxygen atoms in total. The minimum absolute atomic E-state index is 0.0564. The first kappa shape index (κ1) is 17.4. The number of esters is 1. The summed E-state index contributed by atoms with van der Waals surface area (Å²) in [5, 5.41) is 0. The third kappa shape index (κ3) is 4.38. The van der Waals surface area contributed by atoms with E-state index in [-0.39, 0.29) is 11.3 Å². The van der Waals surface area contributed by atoms with E-state index in [9.17, 15) is 26.7 Å². The van der Waals surface area contributed by atoms with E-state index in [1.165, 1.54) is 24.3 Å². The van der Waals surface area contributed by atoms with Crippen LogP contribution in [0.2, 0.25) is 0 Å². The molecule has 0 N–H and O–H groups in total. The zero-order valence-corrected chi connectivity index (χ0v) is 11.2. The SMILES string of the molecule is COC(CC(F)(F)C(F)(F)F)c1ccccc1OC(C)=O. The quantitative estimate of drug-likeness (QED) is 0.470. The zero-order valence-electron chi connectivity index (χ0n) is 11.2. The molecule has 0 bridgehead atoms. The van der Waals surface area contributed by atoms with E-state index in [2.05, 4.69) is 0 Å². The summed E-state index contributed by atoms with van der Waals surface area (Å²) in [5.41, 5.74) is -0.0564. The molecule has 8 heteroatoms. The van der Waals surface area contributed by atoms with Gasteiger partial charge in [-0.2, -0.15) is 22.0 Å². The second-order valence-electron chi connectivity index (χ2n) is 4.26.